The minimum Gasteiger partial charge on any atom is -0.396 e. The van der Waals surface area contributed by atoms with Crippen LogP contribution < -0.4 is 5.32 Å². The van der Waals surface area contributed by atoms with Crippen molar-refractivity contribution in [1.82, 2.24) is 5.32 Å². The fourth-order valence-electron chi connectivity index (χ4n) is 1.56. The summed E-state index contributed by atoms with van der Waals surface area (Å²) in [5.41, 5.74) is -0.156. The van der Waals surface area contributed by atoms with Crippen molar-refractivity contribution in [1.29, 1.82) is 0 Å². The summed E-state index contributed by atoms with van der Waals surface area (Å²) in [5, 5.41) is 12.1. The van der Waals surface area contributed by atoms with Crippen LogP contribution in [0.5, 0.6) is 0 Å². The van der Waals surface area contributed by atoms with Gasteiger partial charge in [0.15, 0.2) is 9.84 Å². The summed E-state index contributed by atoms with van der Waals surface area (Å²) in [5.74, 6) is 0.444. The maximum absolute atomic E-state index is 11.5. The predicted octanol–water partition coefficient (Wildman–Crippen LogP) is 0.952. The van der Waals surface area contributed by atoms with Crippen LogP contribution in [0.3, 0.4) is 0 Å². The average molecular weight is 251 g/mol. The Hall–Kier alpha value is -0.130. The van der Waals surface area contributed by atoms with Crippen molar-refractivity contribution >= 4 is 9.84 Å². The molecule has 16 heavy (non-hydrogen) atoms. The van der Waals surface area contributed by atoms with Gasteiger partial charge in [-0.25, -0.2) is 8.42 Å². The van der Waals surface area contributed by atoms with Crippen molar-refractivity contribution in [3.05, 3.63) is 0 Å². The molecule has 0 bridgehead atoms. The number of nitrogens with one attached hydrogen (secondary N) is 1. The Morgan fingerprint density at radius 1 is 1.25 bits per heavy atom. The molecule has 2 N–H and O–H groups in total. The van der Waals surface area contributed by atoms with Gasteiger partial charge < -0.3 is 10.4 Å². The second kappa shape index (κ2) is 7.25. The van der Waals surface area contributed by atoms with Gasteiger partial charge in [-0.05, 0) is 26.2 Å². The molecule has 0 heterocycles. The maximum atomic E-state index is 11.5. The van der Waals surface area contributed by atoms with Crippen molar-refractivity contribution in [2.24, 2.45) is 0 Å². The van der Waals surface area contributed by atoms with Gasteiger partial charge >= 0.3 is 0 Å². The minimum absolute atomic E-state index is 0.124. The van der Waals surface area contributed by atoms with Gasteiger partial charge in [0.2, 0.25) is 0 Å². The van der Waals surface area contributed by atoms with Crippen LogP contribution in [0.15, 0.2) is 0 Å². The smallest absolute Gasteiger partial charge is 0.151 e. The number of hydrogen-bond donors (Lipinski definition) is 2. The maximum Gasteiger partial charge on any atom is 0.151 e. The highest BCUT2D eigenvalue weighted by molar-refractivity contribution is 7.91. The lowest BCUT2D eigenvalue weighted by Crippen LogP contribution is -2.44. The van der Waals surface area contributed by atoms with Crippen molar-refractivity contribution < 1.29 is 13.5 Å². The zero-order valence-corrected chi connectivity index (χ0v) is 11.4. The number of hydrogen-bond acceptors (Lipinski definition) is 4. The minimum atomic E-state index is -2.90. The standard InChI is InChI=1S/C11H25NO3S/c1-4-9-16(14,15)10-7-12-11(3,5-2)6-8-13/h12-13H,4-10H2,1-3H3. The Kier molecular flexibility index (Phi) is 7.19. The normalized spacial score (nSPS) is 16.0. The molecule has 0 fully saturated rings. The van der Waals surface area contributed by atoms with E-state index in [9.17, 15) is 8.42 Å². The highest BCUT2D eigenvalue weighted by atomic mass is 32.2. The fraction of sp³-hybridized carbons (Fsp3) is 1.00. The Morgan fingerprint density at radius 2 is 1.88 bits per heavy atom. The van der Waals surface area contributed by atoms with Crippen LogP contribution in [-0.2, 0) is 9.84 Å². The zero-order chi connectivity index (χ0) is 12.7. The summed E-state index contributed by atoms with van der Waals surface area (Å²) in [6.07, 6.45) is 2.20. The highest BCUT2D eigenvalue weighted by Gasteiger charge is 2.21. The summed E-state index contributed by atoms with van der Waals surface area (Å²) in [7, 11) is -2.90. The molecule has 0 radical (unpaired) electrons. The molecule has 5 heteroatoms. The largest absolute Gasteiger partial charge is 0.396 e. The first-order valence-corrected chi connectivity index (χ1v) is 7.77. The Morgan fingerprint density at radius 3 is 2.31 bits per heavy atom. The van der Waals surface area contributed by atoms with Gasteiger partial charge in [0.05, 0.1) is 5.75 Å². The van der Waals surface area contributed by atoms with Crippen molar-refractivity contribution in [2.75, 3.05) is 24.7 Å². The van der Waals surface area contributed by atoms with Crippen LogP contribution in [0, 0.1) is 0 Å². The molecule has 0 aromatic carbocycles. The van der Waals surface area contributed by atoms with Crippen molar-refractivity contribution in [2.45, 2.75) is 45.6 Å². The molecule has 98 valence electrons. The van der Waals surface area contributed by atoms with Crippen LogP contribution in [-0.4, -0.2) is 43.7 Å². The molecule has 0 aliphatic heterocycles. The topological polar surface area (TPSA) is 66.4 Å². The highest BCUT2D eigenvalue weighted by Crippen LogP contribution is 2.13. The third-order valence-corrected chi connectivity index (χ3v) is 4.78. The number of sulfone groups is 1. The Bertz CT molecular complexity index is 277. The number of rotatable bonds is 9. The van der Waals surface area contributed by atoms with Crippen LogP contribution >= 0.6 is 0 Å². The van der Waals surface area contributed by atoms with Gasteiger partial charge in [-0.3, -0.25) is 0 Å². The second-order valence-corrected chi connectivity index (χ2v) is 6.77. The van der Waals surface area contributed by atoms with E-state index in [1.165, 1.54) is 0 Å². The van der Waals surface area contributed by atoms with E-state index >= 15 is 0 Å². The zero-order valence-electron chi connectivity index (χ0n) is 10.6. The molecule has 1 unspecified atom stereocenters. The lowest BCUT2D eigenvalue weighted by Gasteiger charge is -2.29. The van der Waals surface area contributed by atoms with E-state index in [1.807, 2.05) is 20.8 Å². The molecule has 0 saturated carbocycles. The molecule has 0 aliphatic carbocycles. The van der Waals surface area contributed by atoms with Crippen molar-refractivity contribution in [3.63, 3.8) is 0 Å². The van der Waals surface area contributed by atoms with Gasteiger partial charge in [0.25, 0.3) is 0 Å². The van der Waals surface area contributed by atoms with E-state index in [4.69, 9.17) is 5.11 Å². The average Bonchev–Trinajstić information content (AvgIpc) is 2.17. The summed E-state index contributed by atoms with van der Waals surface area (Å²) >= 11 is 0. The molecule has 0 saturated heterocycles. The van der Waals surface area contributed by atoms with E-state index in [0.29, 0.717) is 19.4 Å². The van der Waals surface area contributed by atoms with Gasteiger partial charge in [-0.1, -0.05) is 13.8 Å². The predicted molar refractivity (Wildman–Crippen MR) is 67.3 cm³/mol. The first kappa shape index (κ1) is 15.9. The van der Waals surface area contributed by atoms with Crippen LogP contribution in [0.4, 0.5) is 0 Å². The Balaban J connectivity index is 4.05. The molecule has 0 rings (SSSR count). The van der Waals surface area contributed by atoms with Gasteiger partial charge in [0, 0.05) is 24.4 Å². The monoisotopic (exact) mass is 251 g/mol. The lowest BCUT2D eigenvalue weighted by atomic mass is 9.95. The molecule has 1 atom stereocenters. The molecular formula is C11H25NO3S. The molecule has 0 amide bonds. The fourth-order valence-corrected chi connectivity index (χ4v) is 2.80. The summed E-state index contributed by atoms with van der Waals surface area (Å²) in [4.78, 5) is 0. The summed E-state index contributed by atoms with van der Waals surface area (Å²) in [6.45, 7) is 6.50. The van der Waals surface area contributed by atoms with Crippen LogP contribution in [0.1, 0.15) is 40.0 Å². The van der Waals surface area contributed by atoms with Crippen molar-refractivity contribution in [3.8, 4) is 0 Å². The second-order valence-electron chi connectivity index (χ2n) is 4.47. The van der Waals surface area contributed by atoms with E-state index in [2.05, 4.69) is 5.32 Å². The molecule has 0 spiro atoms. The van der Waals surface area contributed by atoms with E-state index in [0.717, 1.165) is 6.42 Å². The van der Waals surface area contributed by atoms with Gasteiger partial charge in [-0.15, -0.1) is 0 Å². The molecule has 0 aromatic rings. The summed E-state index contributed by atoms with van der Waals surface area (Å²) < 4.78 is 22.9. The third kappa shape index (κ3) is 6.45. The van der Waals surface area contributed by atoms with Crippen LogP contribution in [0.2, 0.25) is 0 Å². The van der Waals surface area contributed by atoms with E-state index in [-0.39, 0.29) is 23.7 Å². The SMILES string of the molecule is CCCS(=O)(=O)CCNC(C)(CC)CCO. The third-order valence-electron chi connectivity index (χ3n) is 2.92. The first-order valence-electron chi connectivity index (χ1n) is 5.95. The Labute approximate surface area is 99.4 Å². The lowest BCUT2D eigenvalue weighted by molar-refractivity contribution is 0.218. The number of aliphatic hydroxyl groups excluding tert-OH is 1. The van der Waals surface area contributed by atoms with Crippen LogP contribution in [0.25, 0.3) is 0 Å². The molecule has 4 nitrogen and oxygen atoms in total. The molecular weight excluding hydrogens is 226 g/mol. The van der Waals surface area contributed by atoms with E-state index in [1.54, 1.807) is 0 Å². The first-order chi connectivity index (χ1) is 7.39. The summed E-state index contributed by atoms with van der Waals surface area (Å²) in [6, 6.07) is 0. The molecule has 0 aromatic heterocycles. The van der Waals surface area contributed by atoms with Gasteiger partial charge in [0.1, 0.15) is 0 Å². The quantitative estimate of drug-likeness (QED) is 0.640. The molecule has 0 aliphatic rings. The van der Waals surface area contributed by atoms with Gasteiger partial charge in [-0.2, -0.15) is 0 Å². The van der Waals surface area contributed by atoms with E-state index < -0.39 is 9.84 Å². The number of aliphatic hydroxyl groups is 1.